The molecule has 0 bridgehead atoms. The highest BCUT2D eigenvalue weighted by atomic mass is 32.2. The first-order valence-electron chi connectivity index (χ1n) is 8.63. The first-order chi connectivity index (χ1) is 13.4. The van der Waals surface area contributed by atoms with Crippen molar-refractivity contribution in [3.8, 4) is 0 Å². The van der Waals surface area contributed by atoms with Crippen LogP contribution in [-0.2, 0) is 4.79 Å². The van der Waals surface area contributed by atoms with E-state index in [9.17, 15) is 13.6 Å². The van der Waals surface area contributed by atoms with Crippen LogP contribution in [-0.4, -0.2) is 11.7 Å². The Morgan fingerprint density at radius 1 is 0.893 bits per heavy atom. The van der Waals surface area contributed by atoms with Crippen LogP contribution in [0.3, 0.4) is 0 Å². The van der Waals surface area contributed by atoms with Gasteiger partial charge in [-0.25, -0.2) is 8.78 Å². The lowest BCUT2D eigenvalue weighted by molar-refractivity contribution is -0.113. The largest absolute Gasteiger partial charge is 0.325 e. The summed E-state index contributed by atoms with van der Waals surface area (Å²) < 4.78 is 26.1. The van der Waals surface area contributed by atoms with Crippen LogP contribution in [0.2, 0.25) is 0 Å². The van der Waals surface area contributed by atoms with E-state index in [0.29, 0.717) is 10.6 Å². The number of nitrogens with one attached hydrogen (secondary N) is 1. The standard InChI is InChI=1S/C22H19F2NOS2/c1-14-3-4-15(2)21(11-14)28-17-7-5-16(6-8-17)25-22(26)13-27-18-9-10-19(23)20(24)12-18/h3-12H,13H2,1-2H3,(H,25,26). The number of hydrogen-bond acceptors (Lipinski definition) is 3. The van der Waals surface area contributed by atoms with Crippen LogP contribution in [0, 0.1) is 25.5 Å². The number of carbonyl (C=O) groups excluding carboxylic acids is 1. The number of aryl methyl sites for hydroxylation is 2. The van der Waals surface area contributed by atoms with Gasteiger partial charge >= 0.3 is 0 Å². The fourth-order valence-corrected chi connectivity index (χ4v) is 4.18. The van der Waals surface area contributed by atoms with Crippen molar-refractivity contribution in [2.24, 2.45) is 0 Å². The smallest absolute Gasteiger partial charge is 0.234 e. The Kier molecular flexibility index (Phi) is 6.75. The fourth-order valence-electron chi connectivity index (χ4n) is 2.46. The van der Waals surface area contributed by atoms with Crippen molar-refractivity contribution in [3.63, 3.8) is 0 Å². The van der Waals surface area contributed by atoms with Crippen molar-refractivity contribution in [1.82, 2.24) is 0 Å². The number of hydrogen-bond donors (Lipinski definition) is 1. The SMILES string of the molecule is Cc1ccc(C)c(Sc2ccc(NC(=O)CSc3ccc(F)c(F)c3)cc2)c1. The molecule has 3 aromatic carbocycles. The summed E-state index contributed by atoms with van der Waals surface area (Å²) in [7, 11) is 0. The monoisotopic (exact) mass is 415 g/mol. The van der Waals surface area contributed by atoms with Gasteiger partial charge in [0.25, 0.3) is 0 Å². The maximum atomic E-state index is 13.2. The predicted octanol–water partition coefficient (Wildman–Crippen LogP) is 6.46. The third-order valence-electron chi connectivity index (χ3n) is 3.97. The molecule has 0 heterocycles. The molecule has 0 aliphatic heterocycles. The Labute approximate surface area is 171 Å². The molecule has 0 fully saturated rings. The van der Waals surface area contributed by atoms with E-state index in [0.717, 1.165) is 28.8 Å². The van der Waals surface area contributed by atoms with Crippen LogP contribution in [0.4, 0.5) is 14.5 Å². The highest BCUT2D eigenvalue weighted by Crippen LogP contribution is 2.31. The number of rotatable bonds is 6. The third-order valence-corrected chi connectivity index (χ3v) is 6.13. The summed E-state index contributed by atoms with van der Waals surface area (Å²) in [6.07, 6.45) is 0. The van der Waals surface area contributed by atoms with Gasteiger partial charge in [0, 0.05) is 20.4 Å². The van der Waals surface area contributed by atoms with E-state index in [-0.39, 0.29) is 11.7 Å². The minimum absolute atomic E-state index is 0.115. The first-order valence-corrected chi connectivity index (χ1v) is 10.4. The van der Waals surface area contributed by atoms with Crippen LogP contribution in [0.15, 0.2) is 75.4 Å². The lowest BCUT2D eigenvalue weighted by atomic mass is 10.2. The van der Waals surface area contributed by atoms with Crippen molar-refractivity contribution in [1.29, 1.82) is 0 Å². The van der Waals surface area contributed by atoms with Gasteiger partial charge in [-0.15, -0.1) is 11.8 Å². The van der Waals surface area contributed by atoms with Crippen LogP contribution in [0.25, 0.3) is 0 Å². The molecule has 0 spiro atoms. The molecule has 144 valence electrons. The summed E-state index contributed by atoms with van der Waals surface area (Å²) in [4.78, 5) is 14.9. The zero-order chi connectivity index (χ0) is 20.1. The highest BCUT2D eigenvalue weighted by molar-refractivity contribution is 8.00. The molecule has 2 nitrogen and oxygen atoms in total. The molecule has 0 saturated carbocycles. The van der Waals surface area contributed by atoms with Gasteiger partial charge in [0.2, 0.25) is 5.91 Å². The summed E-state index contributed by atoms with van der Waals surface area (Å²) in [6.45, 7) is 4.15. The van der Waals surface area contributed by atoms with Crippen molar-refractivity contribution in [2.45, 2.75) is 28.5 Å². The van der Waals surface area contributed by atoms with Gasteiger partial charge in [-0.2, -0.15) is 0 Å². The second-order valence-electron chi connectivity index (χ2n) is 6.31. The molecule has 0 aromatic heterocycles. The molecule has 0 atom stereocenters. The average molecular weight is 416 g/mol. The molecule has 1 N–H and O–H groups in total. The van der Waals surface area contributed by atoms with Gasteiger partial charge < -0.3 is 5.32 Å². The second-order valence-corrected chi connectivity index (χ2v) is 8.47. The molecule has 0 aliphatic carbocycles. The van der Waals surface area contributed by atoms with Gasteiger partial charge in [-0.3, -0.25) is 4.79 Å². The molecular weight excluding hydrogens is 396 g/mol. The quantitative estimate of drug-likeness (QED) is 0.468. The van der Waals surface area contributed by atoms with E-state index in [2.05, 4.69) is 37.4 Å². The summed E-state index contributed by atoms with van der Waals surface area (Å²) in [5, 5.41) is 2.81. The zero-order valence-corrected chi connectivity index (χ0v) is 17.1. The van der Waals surface area contributed by atoms with Crippen molar-refractivity contribution in [3.05, 3.63) is 83.4 Å². The van der Waals surface area contributed by atoms with E-state index >= 15 is 0 Å². The maximum Gasteiger partial charge on any atom is 0.234 e. The van der Waals surface area contributed by atoms with E-state index in [4.69, 9.17) is 0 Å². The van der Waals surface area contributed by atoms with Crippen LogP contribution < -0.4 is 5.32 Å². The third kappa shape index (κ3) is 5.59. The van der Waals surface area contributed by atoms with Gasteiger partial charge in [-0.1, -0.05) is 23.9 Å². The summed E-state index contributed by atoms with van der Waals surface area (Å²) in [5.41, 5.74) is 3.14. The van der Waals surface area contributed by atoms with Crippen LogP contribution in [0.5, 0.6) is 0 Å². The Morgan fingerprint density at radius 2 is 1.61 bits per heavy atom. The molecule has 0 radical (unpaired) electrons. The summed E-state index contributed by atoms with van der Waals surface area (Å²) in [5.74, 6) is -1.90. The minimum atomic E-state index is -0.914. The van der Waals surface area contributed by atoms with Crippen molar-refractivity contribution >= 4 is 35.1 Å². The van der Waals surface area contributed by atoms with E-state index in [1.165, 1.54) is 22.1 Å². The molecule has 0 aliphatic rings. The number of halogens is 2. The second kappa shape index (κ2) is 9.26. The average Bonchev–Trinajstić information content (AvgIpc) is 2.67. The Morgan fingerprint density at radius 3 is 2.32 bits per heavy atom. The number of thioether (sulfide) groups is 1. The van der Waals surface area contributed by atoms with Crippen LogP contribution in [0.1, 0.15) is 11.1 Å². The molecule has 28 heavy (non-hydrogen) atoms. The van der Waals surface area contributed by atoms with E-state index in [1.54, 1.807) is 11.8 Å². The van der Waals surface area contributed by atoms with E-state index in [1.807, 2.05) is 24.3 Å². The number of anilines is 1. The number of amides is 1. The molecule has 0 saturated heterocycles. The van der Waals surface area contributed by atoms with Crippen molar-refractivity contribution < 1.29 is 13.6 Å². The normalized spacial score (nSPS) is 10.7. The lowest BCUT2D eigenvalue weighted by Crippen LogP contribution is -2.13. The molecular formula is C22H19F2NOS2. The summed E-state index contributed by atoms with van der Waals surface area (Å²) in [6, 6.07) is 17.6. The highest BCUT2D eigenvalue weighted by Gasteiger charge is 2.08. The Bertz CT molecular complexity index is 990. The lowest BCUT2D eigenvalue weighted by Gasteiger charge is -2.09. The predicted molar refractivity (Wildman–Crippen MR) is 112 cm³/mol. The maximum absolute atomic E-state index is 13.2. The molecule has 3 aromatic rings. The molecule has 1 amide bonds. The summed E-state index contributed by atoms with van der Waals surface area (Å²) >= 11 is 2.84. The van der Waals surface area contributed by atoms with Gasteiger partial charge in [0.15, 0.2) is 11.6 Å². The Balaban J connectivity index is 1.55. The minimum Gasteiger partial charge on any atom is -0.325 e. The fraction of sp³-hybridized carbons (Fsp3) is 0.136. The Hall–Kier alpha value is -2.31. The first kappa shape index (κ1) is 20.4. The van der Waals surface area contributed by atoms with Crippen molar-refractivity contribution in [2.75, 3.05) is 11.1 Å². The zero-order valence-electron chi connectivity index (χ0n) is 15.5. The van der Waals surface area contributed by atoms with E-state index < -0.39 is 11.6 Å². The topological polar surface area (TPSA) is 29.1 Å². The number of benzene rings is 3. The molecule has 3 rings (SSSR count). The molecule has 0 unspecified atom stereocenters. The molecule has 6 heteroatoms. The van der Waals surface area contributed by atoms with Gasteiger partial charge in [0.05, 0.1) is 5.75 Å². The van der Waals surface area contributed by atoms with Gasteiger partial charge in [-0.05, 0) is 73.5 Å². The number of carbonyl (C=O) groups is 1. The van der Waals surface area contributed by atoms with Crippen LogP contribution >= 0.6 is 23.5 Å². The van der Waals surface area contributed by atoms with Gasteiger partial charge in [0.1, 0.15) is 0 Å².